The Balaban J connectivity index is 2.43. The van der Waals surface area contributed by atoms with E-state index in [2.05, 4.69) is 5.32 Å². The first kappa shape index (κ1) is 15.7. The number of carboxylic acid groups (broad SMARTS) is 1. The third-order valence-corrected chi connectivity index (χ3v) is 2.83. The van der Waals surface area contributed by atoms with Crippen LogP contribution in [0.2, 0.25) is 0 Å². The van der Waals surface area contributed by atoms with Crippen molar-refractivity contribution in [2.24, 2.45) is 0 Å². The van der Waals surface area contributed by atoms with Crippen molar-refractivity contribution in [3.8, 4) is 0 Å². The summed E-state index contributed by atoms with van der Waals surface area (Å²) >= 11 is 0. The van der Waals surface area contributed by atoms with Crippen molar-refractivity contribution >= 4 is 12.0 Å². The molecule has 0 aromatic rings. The number of carboxylic acids is 1. The summed E-state index contributed by atoms with van der Waals surface area (Å²) in [6.45, 7) is 7.30. The van der Waals surface area contributed by atoms with Crippen molar-refractivity contribution in [1.82, 2.24) is 10.2 Å². The third-order valence-electron chi connectivity index (χ3n) is 2.83. The maximum absolute atomic E-state index is 11.9. The SMILES string of the molecule is CCOC(C)(C)CNC(=O)N1CCOC(C(=O)O)C1. The van der Waals surface area contributed by atoms with Gasteiger partial charge in [0.2, 0.25) is 0 Å². The molecule has 1 unspecified atom stereocenters. The zero-order valence-electron chi connectivity index (χ0n) is 11.6. The van der Waals surface area contributed by atoms with Crippen LogP contribution in [0.4, 0.5) is 4.79 Å². The van der Waals surface area contributed by atoms with Gasteiger partial charge in [0.25, 0.3) is 0 Å². The molecule has 110 valence electrons. The first-order chi connectivity index (χ1) is 8.85. The lowest BCUT2D eigenvalue weighted by Crippen LogP contribution is -2.53. The normalized spacial score (nSPS) is 20.2. The van der Waals surface area contributed by atoms with Gasteiger partial charge < -0.3 is 24.8 Å². The first-order valence-electron chi connectivity index (χ1n) is 6.37. The maximum atomic E-state index is 11.9. The number of aliphatic carboxylic acids is 1. The summed E-state index contributed by atoms with van der Waals surface area (Å²) in [5.41, 5.74) is -0.442. The van der Waals surface area contributed by atoms with Gasteiger partial charge in [-0.2, -0.15) is 0 Å². The maximum Gasteiger partial charge on any atom is 0.334 e. The summed E-state index contributed by atoms with van der Waals surface area (Å²) in [6, 6.07) is -0.290. The number of hydrogen-bond donors (Lipinski definition) is 2. The Bertz CT molecular complexity index is 332. The number of nitrogens with one attached hydrogen (secondary N) is 1. The molecular weight excluding hydrogens is 252 g/mol. The van der Waals surface area contributed by atoms with E-state index in [4.69, 9.17) is 14.6 Å². The Morgan fingerprint density at radius 3 is 2.79 bits per heavy atom. The molecule has 7 nitrogen and oxygen atoms in total. The molecule has 1 aliphatic heterocycles. The Hall–Kier alpha value is -1.34. The van der Waals surface area contributed by atoms with Crippen molar-refractivity contribution in [3.05, 3.63) is 0 Å². The Kier molecular flexibility index (Phi) is 5.56. The second-order valence-corrected chi connectivity index (χ2v) is 5.00. The second kappa shape index (κ2) is 6.72. The minimum Gasteiger partial charge on any atom is -0.479 e. The standard InChI is InChI=1S/C12H22N2O5/c1-4-19-12(2,3)8-13-11(17)14-5-6-18-9(7-14)10(15)16/h9H,4-8H2,1-3H3,(H,13,17)(H,15,16). The number of carbonyl (C=O) groups is 2. The number of morpholine rings is 1. The Morgan fingerprint density at radius 1 is 1.53 bits per heavy atom. The quantitative estimate of drug-likeness (QED) is 0.752. The van der Waals surface area contributed by atoms with E-state index in [1.807, 2.05) is 20.8 Å². The number of amides is 2. The van der Waals surface area contributed by atoms with Crippen LogP contribution in [0, 0.1) is 0 Å². The smallest absolute Gasteiger partial charge is 0.334 e. The monoisotopic (exact) mass is 274 g/mol. The van der Waals surface area contributed by atoms with Gasteiger partial charge in [0, 0.05) is 19.7 Å². The fraction of sp³-hybridized carbons (Fsp3) is 0.833. The molecule has 0 aliphatic carbocycles. The number of ether oxygens (including phenoxy) is 2. The van der Waals surface area contributed by atoms with E-state index in [9.17, 15) is 9.59 Å². The third kappa shape index (κ3) is 5.04. The van der Waals surface area contributed by atoms with Crippen LogP contribution in [0.25, 0.3) is 0 Å². The molecule has 1 aliphatic rings. The van der Waals surface area contributed by atoms with Crippen LogP contribution in [0.15, 0.2) is 0 Å². The molecule has 0 bridgehead atoms. The van der Waals surface area contributed by atoms with E-state index in [0.717, 1.165) is 0 Å². The second-order valence-electron chi connectivity index (χ2n) is 5.00. The van der Waals surface area contributed by atoms with Gasteiger partial charge in [-0.3, -0.25) is 0 Å². The molecule has 2 amide bonds. The van der Waals surface area contributed by atoms with Gasteiger partial charge in [-0.1, -0.05) is 0 Å². The van der Waals surface area contributed by atoms with E-state index in [1.54, 1.807) is 0 Å². The van der Waals surface area contributed by atoms with E-state index >= 15 is 0 Å². The van der Waals surface area contributed by atoms with Gasteiger partial charge in [-0.15, -0.1) is 0 Å². The lowest BCUT2D eigenvalue weighted by Gasteiger charge is -2.32. The number of nitrogens with zero attached hydrogens (tertiary/aromatic N) is 1. The van der Waals surface area contributed by atoms with Gasteiger partial charge in [0.1, 0.15) is 0 Å². The fourth-order valence-electron chi connectivity index (χ4n) is 1.83. The van der Waals surface area contributed by atoms with E-state index in [-0.39, 0.29) is 19.2 Å². The molecule has 7 heteroatoms. The lowest BCUT2D eigenvalue weighted by atomic mass is 10.1. The van der Waals surface area contributed by atoms with E-state index < -0.39 is 17.7 Å². The van der Waals surface area contributed by atoms with Crippen LogP contribution >= 0.6 is 0 Å². The number of hydrogen-bond acceptors (Lipinski definition) is 4. The van der Waals surface area contributed by atoms with Gasteiger partial charge in [-0.25, -0.2) is 9.59 Å². The van der Waals surface area contributed by atoms with Gasteiger partial charge in [-0.05, 0) is 20.8 Å². The van der Waals surface area contributed by atoms with Crippen LogP contribution in [0.3, 0.4) is 0 Å². The van der Waals surface area contributed by atoms with Crippen LogP contribution < -0.4 is 5.32 Å². The van der Waals surface area contributed by atoms with Gasteiger partial charge in [0.15, 0.2) is 6.10 Å². The van der Waals surface area contributed by atoms with Crippen molar-refractivity contribution in [2.75, 3.05) is 32.8 Å². The lowest BCUT2D eigenvalue weighted by molar-refractivity contribution is -0.154. The molecule has 0 aromatic heterocycles. The molecule has 1 fully saturated rings. The summed E-state index contributed by atoms with van der Waals surface area (Å²) < 4.78 is 10.5. The highest BCUT2D eigenvalue weighted by molar-refractivity contribution is 5.77. The molecule has 1 atom stereocenters. The summed E-state index contributed by atoms with van der Waals surface area (Å²) in [4.78, 5) is 24.2. The summed E-state index contributed by atoms with van der Waals surface area (Å²) in [5.74, 6) is -1.05. The predicted octanol–water partition coefficient (Wildman–Crippen LogP) is 0.297. The average molecular weight is 274 g/mol. The van der Waals surface area contributed by atoms with Crippen LogP contribution in [-0.2, 0) is 14.3 Å². The Labute approximate surface area is 112 Å². The molecule has 0 spiro atoms. The predicted molar refractivity (Wildman–Crippen MR) is 68.1 cm³/mol. The largest absolute Gasteiger partial charge is 0.479 e. The van der Waals surface area contributed by atoms with Crippen molar-refractivity contribution in [3.63, 3.8) is 0 Å². The first-order valence-corrected chi connectivity index (χ1v) is 6.37. The van der Waals surface area contributed by atoms with E-state index in [0.29, 0.717) is 19.7 Å². The minimum absolute atomic E-state index is 0.0657. The van der Waals surface area contributed by atoms with Crippen LogP contribution in [-0.4, -0.2) is 66.6 Å². The molecule has 0 aromatic carbocycles. The minimum atomic E-state index is -1.05. The number of rotatable bonds is 5. The molecule has 1 heterocycles. The highest BCUT2D eigenvalue weighted by Gasteiger charge is 2.29. The average Bonchev–Trinajstić information content (AvgIpc) is 2.36. The molecule has 1 saturated heterocycles. The summed E-state index contributed by atoms with van der Waals surface area (Å²) in [6.07, 6.45) is -0.945. The van der Waals surface area contributed by atoms with Gasteiger partial charge in [0.05, 0.1) is 18.8 Å². The fourth-order valence-corrected chi connectivity index (χ4v) is 1.83. The van der Waals surface area contributed by atoms with Crippen molar-refractivity contribution < 1.29 is 24.2 Å². The van der Waals surface area contributed by atoms with Gasteiger partial charge >= 0.3 is 12.0 Å². The highest BCUT2D eigenvalue weighted by atomic mass is 16.5. The van der Waals surface area contributed by atoms with Crippen LogP contribution in [0.5, 0.6) is 0 Å². The zero-order valence-corrected chi connectivity index (χ0v) is 11.6. The topological polar surface area (TPSA) is 88.1 Å². The number of urea groups is 1. The zero-order chi connectivity index (χ0) is 14.5. The molecule has 19 heavy (non-hydrogen) atoms. The van der Waals surface area contributed by atoms with Crippen LogP contribution in [0.1, 0.15) is 20.8 Å². The molecule has 1 rings (SSSR count). The molecular formula is C12H22N2O5. The summed E-state index contributed by atoms with van der Waals surface area (Å²) in [5, 5.41) is 11.6. The molecule has 0 radical (unpaired) electrons. The molecule has 2 N–H and O–H groups in total. The van der Waals surface area contributed by atoms with Crippen molar-refractivity contribution in [1.29, 1.82) is 0 Å². The molecule has 0 saturated carbocycles. The Morgan fingerprint density at radius 2 is 2.21 bits per heavy atom. The summed E-state index contributed by atoms with van der Waals surface area (Å²) in [7, 11) is 0. The van der Waals surface area contributed by atoms with E-state index in [1.165, 1.54) is 4.90 Å². The highest BCUT2D eigenvalue weighted by Crippen LogP contribution is 2.09. The number of carbonyl (C=O) groups excluding carboxylic acids is 1. The van der Waals surface area contributed by atoms with Crippen molar-refractivity contribution in [2.45, 2.75) is 32.5 Å².